The number of hydrogen-bond acceptors (Lipinski definition) is 1. The van der Waals surface area contributed by atoms with E-state index >= 15 is 0 Å². The summed E-state index contributed by atoms with van der Waals surface area (Å²) in [5.74, 6) is 1.49. The molecule has 1 heteroatoms. The summed E-state index contributed by atoms with van der Waals surface area (Å²) in [5, 5.41) is 0. The molecule has 72 valence electrons. The highest BCUT2D eigenvalue weighted by atomic mass is 16.5. The topological polar surface area (TPSA) is 9.23 Å². The van der Waals surface area contributed by atoms with Crippen LogP contribution in [0.3, 0.4) is 0 Å². The third-order valence-electron chi connectivity index (χ3n) is 1.98. The third kappa shape index (κ3) is 7.64. The first-order chi connectivity index (χ1) is 5.66. The minimum atomic E-state index is 0.656. The molecule has 0 saturated carbocycles. The van der Waals surface area contributed by atoms with Gasteiger partial charge in [0.15, 0.2) is 0 Å². The van der Waals surface area contributed by atoms with E-state index in [1.165, 1.54) is 19.3 Å². The molecule has 0 amide bonds. The molecule has 1 unspecified atom stereocenters. The van der Waals surface area contributed by atoms with E-state index in [1.54, 1.807) is 13.4 Å². The average molecular weight is 170 g/mol. The van der Waals surface area contributed by atoms with E-state index < -0.39 is 0 Å². The van der Waals surface area contributed by atoms with Crippen LogP contribution in [0.25, 0.3) is 0 Å². The Morgan fingerprint density at radius 3 is 2.33 bits per heavy atom. The van der Waals surface area contributed by atoms with E-state index in [4.69, 9.17) is 4.74 Å². The second-order valence-corrected chi connectivity index (χ2v) is 3.87. The summed E-state index contributed by atoms with van der Waals surface area (Å²) in [6, 6.07) is 0. The Morgan fingerprint density at radius 2 is 1.83 bits per heavy atom. The van der Waals surface area contributed by atoms with Gasteiger partial charge in [0.1, 0.15) is 0 Å². The normalized spacial score (nSPS) is 14.1. The van der Waals surface area contributed by atoms with E-state index in [0.717, 1.165) is 5.92 Å². The van der Waals surface area contributed by atoms with Crippen molar-refractivity contribution < 1.29 is 4.74 Å². The largest absolute Gasteiger partial charge is 0.505 e. The molecule has 0 aromatic carbocycles. The van der Waals surface area contributed by atoms with Gasteiger partial charge in [-0.05, 0) is 24.3 Å². The van der Waals surface area contributed by atoms with Crippen molar-refractivity contribution in [1.82, 2.24) is 0 Å². The van der Waals surface area contributed by atoms with Crippen LogP contribution in [0, 0.1) is 11.8 Å². The lowest BCUT2D eigenvalue weighted by Crippen LogP contribution is -1.93. The van der Waals surface area contributed by atoms with Crippen LogP contribution in [-0.2, 0) is 4.74 Å². The van der Waals surface area contributed by atoms with Crippen LogP contribution in [0.5, 0.6) is 0 Å². The van der Waals surface area contributed by atoms with Crippen LogP contribution in [0.15, 0.2) is 12.3 Å². The van der Waals surface area contributed by atoms with Gasteiger partial charge in [-0.3, -0.25) is 0 Å². The third-order valence-corrected chi connectivity index (χ3v) is 1.98. The van der Waals surface area contributed by atoms with Crippen LogP contribution in [0.4, 0.5) is 0 Å². The van der Waals surface area contributed by atoms with Gasteiger partial charge in [0.25, 0.3) is 0 Å². The summed E-state index contributed by atoms with van der Waals surface area (Å²) >= 11 is 0. The number of allylic oxidation sites excluding steroid dienone is 1. The van der Waals surface area contributed by atoms with Gasteiger partial charge >= 0.3 is 0 Å². The molecular weight excluding hydrogens is 148 g/mol. The van der Waals surface area contributed by atoms with Crippen LogP contribution in [-0.4, -0.2) is 7.11 Å². The van der Waals surface area contributed by atoms with Crippen LogP contribution < -0.4 is 0 Å². The lowest BCUT2D eigenvalue weighted by atomic mass is 10.00. The summed E-state index contributed by atoms with van der Waals surface area (Å²) < 4.78 is 4.86. The quantitative estimate of drug-likeness (QED) is 0.553. The second kappa shape index (κ2) is 7.20. The van der Waals surface area contributed by atoms with Gasteiger partial charge in [0, 0.05) is 0 Å². The standard InChI is InChI=1S/C11H22O/c1-10(2)6-5-7-11(3)8-9-12-4/h8-11H,5-7H2,1-4H3/b9-8+. The molecule has 0 rings (SSSR count). The molecule has 0 aromatic rings. The monoisotopic (exact) mass is 170 g/mol. The van der Waals surface area contributed by atoms with Crippen molar-refractivity contribution in [2.24, 2.45) is 11.8 Å². The number of rotatable bonds is 6. The predicted molar refractivity (Wildman–Crippen MR) is 54.0 cm³/mol. The fourth-order valence-corrected chi connectivity index (χ4v) is 1.16. The fourth-order valence-electron chi connectivity index (χ4n) is 1.16. The lowest BCUT2D eigenvalue weighted by Gasteiger charge is -2.07. The minimum Gasteiger partial charge on any atom is -0.505 e. The SMILES string of the molecule is CO/C=C/C(C)CCCC(C)C. The molecule has 0 aliphatic heterocycles. The van der Waals surface area contributed by atoms with Crippen molar-refractivity contribution in [1.29, 1.82) is 0 Å². The number of methoxy groups -OCH3 is 1. The Bertz CT molecular complexity index is 116. The molecule has 0 radical (unpaired) electrons. The van der Waals surface area contributed by atoms with Crippen molar-refractivity contribution in [2.75, 3.05) is 7.11 Å². The molecule has 0 heterocycles. The first kappa shape index (κ1) is 11.5. The molecule has 1 nitrogen and oxygen atoms in total. The van der Waals surface area contributed by atoms with Crippen LogP contribution >= 0.6 is 0 Å². The van der Waals surface area contributed by atoms with Crippen molar-refractivity contribution >= 4 is 0 Å². The van der Waals surface area contributed by atoms with Crippen molar-refractivity contribution in [3.63, 3.8) is 0 Å². The molecule has 12 heavy (non-hydrogen) atoms. The maximum atomic E-state index is 4.86. The van der Waals surface area contributed by atoms with Gasteiger partial charge in [0.2, 0.25) is 0 Å². The molecule has 1 atom stereocenters. The Labute approximate surface area is 76.8 Å². The van der Waals surface area contributed by atoms with E-state index in [2.05, 4.69) is 26.8 Å². The molecule has 0 N–H and O–H groups in total. The van der Waals surface area contributed by atoms with Gasteiger partial charge in [0.05, 0.1) is 13.4 Å². The van der Waals surface area contributed by atoms with Crippen molar-refractivity contribution in [2.45, 2.75) is 40.0 Å². The van der Waals surface area contributed by atoms with Gasteiger partial charge in [-0.25, -0.2) is 0 Å². The summed E-state index contributed by atoms with van der Waals surface area (Å²) in [7, 11) is 1.69. The highest BCUT2D eigenvalue weighted by molar-refractivity contribution is 4.79. The first-order valence-corrected chi connectivity index (χ1v) is 4.86. The zero-order valence-electron chi connectivity index (χ0n) is 8.84. The van der Waals surface area contributed by atoms with E-state index in [0.29, 0.717) is 5.92 Å². The van der Waals surface area contributed by atoms with E-state index in [-0.39, 0.29) is 0 Å². The molecule has 0 aromatic heterocycles. The first-order valence-electron chi connectivity index (χ1n) is 4.86. The highest BCUT2D eigenvalue weighted by Gasteiger charge is 1.98. The Hall–Kier alpha value is -0.460. The molecule has 0 aliphatic carbocycles. The van der Waals surface area contributed by atoms with Gasteiger partial charge in [-0.15, -0.1) is 0 Å². The maximum Gasteiger partial charge on any atom is 0.0787 e. The fraction of sp³-hybridized carbons (Fsp3) is 0.818. The predicted octanol–water partition coefficient (Wildman–Crippen LogP) is 3.61. The molecule has 0 spiro atoms. The Morgan fingerprint density at radius 1 is 1.17 bits per heavy atom. The maximum absolute atomic E-state index is 4.86. The summed E-state index contributed by atoms with van der Waals surface area (Å²) in [5.41, 5.74) is 0. The highest BCUT2D eigenvalue weighted by Crippen LogP contribution is 2.12. The number of hydrogen-bond donors (Lipinski definition) is 0. The molecule has 0 saturated heterocycles. The Kier molecular flexibility index (Phi) is 6.93. The molecule has 0 bridgehead atoms. The summed E-state index contributed by atoms with van der Waals surface area (Å²) in [4.78, 5) is 0. The smallest absolute Gasteiger partial charge is 0.0787 e. The lowest BCUT2D eigenvalue weighted by molar-refractivity contribution is 0.333. The van der Waals surface area contributed by atoms with Crippen LogP contribution in [0.2, 0.25) is 0 Å². The molecule has 0 fully saturated rings. The van der Waals surface area contributed by atoms with Crippen LogP contribution in [0.1, 0.15) is 40.0 Å². The zero-order valence-corrected chi connectivity index (χ0v) is 8.84. The van der Waals surface area contributed by atoms with Crippen molar-refractivity contribution in [3.8, 4) is 0 Å². The zero-order chi connectivity index (χ0) is 9.40. The average Bonchev–Trinajstić information content (AvgIpc) is 2.00. The Balaban J connectivity index is 3.31. The molecule has 0 aliphatic rings. The number of ether oxygens (including phenoxy) is 1. The van der Waals surface area contributed by atoms with Gasteiger partial charge in [-0.1, -0.05) is 33.6 Å². The van der Waals surface area contributed by atoms with Crippen molar-refractivity contribution in [3.05, 3.63) is 12.3 Å². The van der Waals surface area contributed by atoms with E-state index in [1.807, 2.05) is 0 Å². The van der Waals surface area contributed by atoms with E-state index in [9.17, 15) is 0 Å². The van der Waals surface area contributed by atoms with Gasteiger partial charge in [-0.2, -0.15) is 0 Å². The summed E-state index contributed by atoms with van der Waals surface area (Å²) in [6.45, 7) is 6.78. The summed E-state index contributed by atoms with van der Waals surface area (Å²) in [6.07, 6.45) is 7.84. The van der Waals surface area contributed by atoms with Gasteiger partial charge < -0.3 is 4.74 Å². The molecular formula is C11H22O. The minimum absolute atomic E-state index is 0.656. The second-order valence-electron chi connectivity index (χ2n) is 3.87.